The zero-order valence-corrected chi connectivity index (χ0v) is 10.2. The van der Waals surface area contributed by atoms with E-state index in [2.05, 4.69) is 4.98 Å². The molecule has 0 spiro atoms. The van der Waals surface area contributed by atoms with Crippen molar-refractivity contribution in [1.29, 1.82) is 0 Å². The second kappa shape index (κ2) is 5.51. The molecule has 0 amide bonds. The summed E-state index contributed by atoms with van der Waals surface area (Å²) in [4.78, 5) is 3.52. The van der Waals surface area contributed by atoms with E-state index in [0.29, 0.717) is 18.4 Å². The fraction of sp³-hybridized carbons (Fsp3) is 0.154. The topological polar surface area (TPSA) is 57.4 Å². The lowest BCUT2D eigenvalue weighted by molar-refractivity contribution is 0.316. The molecule has 100 valence electrons. The molecule has 0 aliphatic heterocycles. The van der Waals surface area contributed by atoms with Gasteiger partial charge in [-0.05, 0) is 19.1 Å². The quantitative estimate of drug-likeness (QED) is 0.923. The predicted molar refractivity (Wildman–Crippen MR) is 66.3 cm³/mol. The van der Waals surface area contributed by atoms with Gasteiger partial charge in [-0.1, -0.05) is 12.1 Å². The number of aromatic nitrogens is 1. The summed E-state index contributed by atoms with van der Waals surface area (Å²) in [6.07, 6.45) is 0. The molecule has 0 unspecified atom stereocenters. The second-order valence-corrected chi connectivity index (χ2v) is 3.62. The molecule has 0 aliphatic rings. The Morgan fingerprint density at radius 2 is 1.84 bits per heavy atom. The lowest BCUT2D eigenvalue weighted by Crippen LogP contribution is -2.01. The molecule has 1 aromatic heterocycles. The van der Waals surface area contributed by atoms with Crippen LogP contribution < -0.4 is 15.2 Å². The van der Waals surface area contributed by atoms with Crippen molar-refractivity contribution in [2.75, 3.05) is 12.3 Å². The monoisotopic (exact) mass is 266 g/mol. The normalized spacial score (nSPS) is 10.3. The first-order valence-corrected chi connectivity index (χ1v) is 5.63. The summed E-state index contributed by atoms with van der Waals surface area (Å²) in [6.45, 7) is 2.24. The maximum Gasteiger partial charge on any atom is 0.258 e. The molecule has 0 saturated carbocycles. The van der Waals surface area contributed by atoms with Crippen molar-refractivity contribution >= 4 is 5.82 Å². The highest BCUT2D eigenvalue weighted by Gasteiger charge is 2.14. The summed E-state index contributed by atoms with van der Waals surface area (Å²) >= 11 is 0. The van der Waals surface area contributed by atoms with Crippen LogP contribution >= 0.6 is 0 Å². The molecule has 0 aliphatic carbocycles. The number of ether oxygens (including phenoxy) is 2. The number of hydrogen-bond acceptors (Lipinski definition) is 4. The number of halogens is 2. The number of benzene rings is 1. The van der Waals surface area contributed by atoms with Crippen LogP contribution in [0.5, 0.6) is 17.4 Å². The molecular formula is C13H12F2N2O2. The van der Waals surface area contributed by atoms with Crippen molar-refractivity contribution in [3.8, 4) is 17.4 Å². The first kappa shape index (κ1) is 13.1. The van der Waals surface area contributed by atoms with Gasteiger partial charge in [-0.15, -0.1) is 0 Å². The van der Waals surface area contributed by atoms with Crippen LogP contribution in [-0.2, 0) is 0 Å². The van der Waals surface area contributed by atoms with Gasteiger partial charge in [0.15, 0.2) is 29.0 Å². The first-order chi connectivity index (χ1) is 9.11. The van der Waals surface area contributed by atoms with Crippen LogP contribution in [0.1, 0.15) is 6.92 Å². The van der Waals surface area contributed by atoms with E-state index in [1.165, 1.54) is 0 Å². The zero-order valence-electron chi connectivity index (χ0n) is 10.2. The SMILES string of the molecule is CCOc1ccccc1Oc1nc(N)c(F)cc1F. The molecule has 0 fully saturated rings. The molecule has 0 atom stereocenters. The third kappa shape index (κ3) is 2.90. The summed E-state index contributed by atoms with van der Waals surface area (Å²) in [5.41, 5.74) is 5.28. The molecule has 2 aromatic rings. The van der Waals surface area contributed by atoms with Crippen LogP contribution in [0, 0.1) is 11.6 Å². The minimum atomic E-state index is -0.932. The van der Waals surface area contributed by atoms with Crippen molar-refractivity contribution < 1.29 is 18.3 Å². The third-order valence-electron chi connectivity index (χ3n) is 2.28. The Hall–Kier alpha value is -2.37. The molecule has 1 aromatic carbocycles. The van der Waals surface area contributed by atoms with Crippen LogP contribution in [0.25, 0.3) is 0 Å². The molecular weight excluding hydrogens is 254 g/mol. The molecule has 4 nitrogen and oxygen atoms in total. The zero-order chi connectivity index (χ0) is 13.8. The van der Waals surface area contributed by atoms with Crippen LogP contribution in [0.2, 0.25) is 0 Å². The van der Waals surface area contributed by atoms with E-state index in [4.69, 9.17) is 15.2 Å². The van der Waals surface area contributed by atoms with E-state index >= 15 is 0 Å². The minimum absolute atomic E-state index is 0.279. The van der Waals surface area contributed by atoms with Crippen LogP contribution in [0.15, 0.2) is 30.3 Å². The number of para-hydroxylation sites is 2. The highest BCUT2D eigenvalue weighted by atomic mass is 19.1. The van der Waals surface area contributed by atoms with E-state index in [1.807, 2.05) is 6.92 Å². The predicted octanol–water partition coefficient (Wildman–Crippen LogP) is 3.13. The minimum Gasteiger partial charge on any atom is -0.490 e. The molecule has 0 radical (unpaired) electrons. The van der Waals surface area contributed by atoms with E-state index in [0.717, 1.165) is 0 Å². The van der Waals surface area contributed by atoms with Crippen LogP contribution in [0.4, 0.5) is 14.6 Å². The summed E-state index contributed by atoms with van der Waals surface area (Å²) in [6, 6.07) is 7.33. The van der Waals surface area contributed by atoms with Crippen LogP contribution in [0.3, 0.4) is 0 Å². The Morgan fingerprint density at radius 1 is 1.16 bits per heavy atom. The lowest BCUT2D eigenvalue weighted by atomic mass is 10.3. The number of nitrogens with two attached hydrogens (primary N) is 1. The Balaban J connectivity index is 2.33. The molecule has 6 heteroatoms. The van der Waals surface area contributed by atoms with Crippen molar-refractivity contribution in [3.63, 3.8) is 0 Å². The van der Waals surface area contributed by atoms with Crippen molar-refractivity contribution in [1.82, 2.24) is 4.98 Å². The van der Waals surface area contributed by atoms with Gasteiger partial charge >= 0.3 is 0 Å². The summed E-state index contributed by atoms with van der Waals surface area (Å²) in [5, 5.41) is 0. The molecule has 2 N–H and O–H groups in total. The fourth-order valence-corrected chi connectivity index (χ4v) is 1.45. The maximum atomic E-state index is 13.5. The molecule has 19 heavy (non-hydrogen) atoms. The van der Waals surface area contributed by atoms with Gasteiger partial charge in [0.1, 0.15) is 0 Å². The fourth-order valence-electron chi connectivity index (χ4n) is 1.45. The Morgan fingerprint density at radius 3 is 2.53 bits per heavy atom. The highest BCUT2D eigenvalue weighted by Crippen LogP contribution is 2.32. The average Bonchev–Trinajstić information content (AvgIpc) is 2.38. The summed E-state index contributed by atoms with van der Waals surface area (Å²) < 4.78 is 37.1. The van der Waals surface area contributed by atoms with Crippen molar-refractivity contribution in [3.05, 3.63) is 42.0 Å². The average molecular weight is 266 g/mol. The van der Waals surface area contributed by atoms with Gasteiger partial charge in [-0.2, -0.15) is 4.98 Å². The number of rotatable bonds is 4. The van der Waals surface area contributed by atoms with Crippen molar-refractivity contribution in [2.45, 2.75) is 6.92 Å². The largest absolute Gasteiger partial charge is 0.490 e. The highest BCUT2D eigenvalue weighted by molar-refractivity contribution is 5.43. The van der Waals surface area contributed by atoms with Gasteiger partial charge in [-0.25, -0.2) is 8.78 Å². The number of pyridine rings is 1. The van der Waals surface area contributed by atoms with Crippen LogP contribution in [-0.4, -0.2) is 11.6 Å². The van der Waals surface area contributed by atoms with Gasteiger partial charge in [-0.3, -0.25) is 0 Å². The van der Waals surface area contributed by atoms with Gasteiger partial charge in [0.25, 0.3) is 5.88 Å². The molecule has 1 heterocycles. The Labute approximate surface area is 108 Å². The molecule has 2 rings (SSSR count). The second-order valence-electron chi connectivity index (χ2n) is 3.62. The Kier molecular flexibility index (Phi) is 3.79. The standard InChI is InChI=1S/C13H12F2N2O2/c1-2-18-10-5-3-4-6-11(10)19-13-9(15)7-8(14)12(16)17-13/h3-7H,2H2,1H3,(H2,16,17). The van der Waals surface area contributed by atoms with Gasteiger partial charge in [0.05, 0.1) is 6.61 Å². The molecule has 0 bridgehead atoms. The van der Waals surface area contributed by atoms with E-state index in [1.54, 1.807) is 24.3 Å². The Bertz CT molecular complexity index is 591. The molecule has 0 saturated heterocycles. The third-order valence-corrected chi connectivity index (χ3v) is 2.28. The van der Waals surface area contributed by atoms with E-state index in [-0.39, 0.29) is 5.75 Å². The summed E-state index contributed by atoms with van der Waals surface area (Å²) in [5.74, 6) is -1.96. The first-order valence-electron chi connectivity index (χ1n) is 5.63. The number of nitrogens with zero attached hydrogens (tertiary/aromatic N) is 1. The summed E-state index contributed by atoms with van der Waals surface area (Å²) in [7, 11) is 0. The number of anilines is 1. The van der Waals surface area contributed by atoms with E-state index < -0.39 is 23.3 Å². The number of hydrogen-bond donors (Lipinski definition) is 1. The van der Waals surface area contributed by atoms with Crippen molar-refractivity contribution in [2.24, 2.45) is 0 Å². The van der Waals surface area contributed by atoms with Gasteiger partial charge < -0.3 is 15.2 Å². The number of nitrogen functional groups attached to an aromatic ring is 1. The lowest BCUT2D eigenvalue weighted by Gasteiger charge is -2.11. The smallest absolute Gasteiger partial charge is 0.258 e. The van der Waals surface area contributed by atoms with Gasteiger partial charge in [0, 0.05) is 6.07 Å². The maximum absolute atomic E-state index is 13.5. The van der Waals surface area contributed by atoms with E-state index in [9.17, 15) is 8.78 Å². The van der Waals surface area contributed by atoms with Gasteiger partial charge in [0.2, 0.25) is 0 Å².